The average Bonchev–Trinajstić information content (AvgIpc) is 2.84. The Bertz CT molecular complexity index is 574. The molecule has 3 heterocycles. The molecule has 0 atom stereocenters. The Balaban J connectivity index is 1.59. The number of fused-ring (bicyclic) bond motifs is 1. The van der Waals surface area contributed by atoms with E-state index in [0.29, 0.717) is 19.8 Å². The molecule has 0 unspecified atom stereocenters. The SMILES string of the molecule is Brc1ccsc1CNCc1cc2c(cn1)OCCO2. The molecule has 1 aliphatic rings. The first-order chi connectivity index (χ1) is 9.33. The first-order valence-corrected chi connectivity index (χ1v) is 7.67. The fraction of sp³-hybridized carbons (Fsp3) is 0.308. The summed E-state index contributed by atoms with van der Waals surface area (Å²) in [6, 6.07) is 4.00. The van der Waals surface area contributed by atoms with E-state index in [0.717, 1.165) is 28.2 Å². The van der Waals surface area contributed by atoms with Gasteiger partial charge >= 0.3 is 0 Å². The van der Waals surface area contributed by atoms with Gasteiger partial charge in [-0.25, -0.2) is 0 Å². The van der Waals surface area contributed by atoms with Crippen LogP contribution >= 0.6 is 27.3 Å². The molecule has 0 radical (unpaired) electrons. The fourth-order valence-electron chi connectivity index (χ4n) is 1.84. The van der Waals surface area contributed by atoms with Gasteiger partial charge < -0.3 is 14.8 Å². The highest BCUT2D eigenvalue weighted by Gasteiger charge is 2.12. The van der Waals surface area contributed by atoms with Crippen LogP contribution < -0.4 is 14.8 Å². The lowest BCUT2D eigenvalue weighted by Gasteiger charge is -2.18. The Kier molecular flexibility index (Phi) is 4.00. The molecular formula is C13H13BrN2O2S. The monoisotopic (exact) mass is 340 g/mol. The van der Waals surface area contributed by atoms with Gasteiger partial charge in [-0.1, -0.05) is 0 Å². The van der Waals surface area contributed by atoms with Crippen LogP contribution in [0.15, 0.2) is 28.2 Å². The Hall–Kier alpha value is -1.11. The van der Waals surface area contributed by atoms with Crippen molar-refractivity contribution in [2.45, 2.75) is 13.1 Å². The first kappa shape index (κ1) is 12.9. The fourth-order valence-corrected chi connectivity index (χ4v) is 3.30. The van der Waals surface area contributed by atoms with Crippen LogP contribution in [-0.2, 0) is 13.1 Å². The van der Waals surface area contributed by atoms with Crippen molar-refractivity contribution >= 4 is 27.3 Å². The van der Waals surface area contributed by atoms with Crippen LogP contribution in [0.1, 0.15) is 10.6 Å². The largest absolute Gasteiger partial charge is 0.486 e. The van der Waals surface area contributed by atoms with E-state index in [9.17, 15) is 0 Å². The van der Waals surface area contributed by atoms with E-state index >= 15 is 0 Å². The number of nitrogens with zero attached hydrogens (tertiary/aromatic N) is 1. The summed E-state index contributed by atoms with van der Waals surface area (Å²) in [5.41, 5.74) is 0.955. The summed E-state index contributed by atoms with van der Waals surface area (Å²) < 4.78 is 12.1. The second kappa shape index (κ2) is 5.90. The molecule has 0 saturated carbocycles. The molecule has 2 aromatic heterocycles. The van der Waals surface area contributed by atoms with Gasteiger partial charge in [-0.2, -0.15) is 0 Å². The van der Waals surface area contributed by atoms with Crippen LogP contribution in [-0.4, -0.2) is 18.2 Å². The Labute approximate surface area is 123 Å². The van der Waals surface area contributed by atoms with Crippen molar-refractivity contribution < 1.29 is 9.47 Å². The van der Waals surface area contributed by atoms with E-state index in [-0.39, 0.29) is 0 Å². The quantitative estimate of drug-likeness (QED) is 0.929. The lowest BCUT2D eigenvalue weighted by Crippen LogP contribution is -2.17. The highest BCUT2D eigenvalue weighted by Crippen LogP contribution is 2.29. The predicted molar refractivity (Wildman–Crippen MR) is 77.8 cm³/mol. The number of thiophene rings is 1. The number of nitrogens with one attached hydrogen (secondary N) is 1. The summed E-state index contributed by atoms with van der Waals surface area (Å²) >= 11 is 5.25. The summed E-state index contributed by atoms with van der Waals surface area (Å²) in [6.45, 7) is 2.74. The molecule has 0 bridgehead atoms. The maximum absolute atomic E-state index is 5.54. The van der Waals surface area contributed by atoms with Crippen molar-refractivity contribution in [3.05, 3.63) is 38.8 Å². The van der Waals surface area contributed by atoms with E-state index in [1.165, 1.54) is 4.88 Å². The molecule has 0 aromatic carbocycles. The van der Waals surface area contributed by atoms with Crippen LogP contribution in [0.25, 0.3) is 0 Å². The van der Waals surface area contributed by atoms with E-state index in [2.05, 4.69) is 37.7 Å². The minimum atomic E-state index is 0.596. The molecule has 3 rings (SSSR count). The third-order valence-corrected chi connectivity index (χ3v) is 4.70. The van der Waals surface area contributed by atoms with Gasteiger partial charge in [0.15, 0.2) is 11.5 Å². The van der Waals surface area contributed by atoms with Gasteiger partial charge in [0.2, 0.25) is 0 Å². The third kappa shape index (κ3) is 3.08. The maximum atomic E-state index is 5.54. The average molecular weight is 341 g/mol. The van der Waals surface area contributed by atoms with Crippen molar-refractivity contribution in [1.29, 1.82) is 0 Å². The normalized spacial score (nSPS) is 13.5. The number of ether oxygens (including phenoxy) is 2. The lowest BCUT2D eigenvalue weighted by atomic mass is 10.3. The molecule has 19 heavy (non-hydrogen) atoms. The molecule has 0 spiro atoms. The molecule has 0 fully saturated rings. The summed E-state index contributed by atoms with van der Waals surface area (Å²) in [6.07, 6.45) is 1.73. The number of hydrogen-bond acceptors (Lipinski definition) is 5. The lowest BCUT2D eigenvalue weighted by molar-refractivity contribution is 0.170. The first-order valence-electron chi connectivity index (χ1n) is 6.00. The smallest absolute Gasteiger partial charge is 0.179 e. The van der Waals surface area contributed by atoms with E-state index in [1.807, 2.05) is 6.07 Å². The second-order valence-corrected chi connectivity index (χ2v) is 5.97. The Morgan fingerprint density at radius 3 is 2.89 bits per heavy atom. The molecule has 100 valence electrons. The van der Waals surface area contributed by atoms with Crippen LogP contribution in [0, 0.1) is 0 Å². The van der Waals surface area contributed by atoms with Gasteiger partial charge in [0.25, 0.3) is 0 Å². The molecular weight excluding hydrogens is 328 g/mol. The Morgan fingerprint density at radius 1 is 1.26 bits per heavy atom. The van der Waals surface area contributed by atoms with E-state index in [1.54, 1.807) is 17.5 Å². The van der Waals surface area contributed by atoms with Gasteiger partial charge in [-0.05, 0) is 27.4 Å². The number of aromatic nitrogens is 1. The number of pyridine rings is 1. The van der Waals surface area contributed by atoms with Crippen molar-refractivity contribution in [1.82, 2.24) is 10.3 Å². The van der Waals surface area contributed by atoms with E-state index < -0.39 is 0 Å². The van der Waals surface area contributed by atoms with Gasteiger partial charge in [-0.15, -0.1) is 11.3 Å². The summed E-state index contributed by atoms with van der Waals surface area (Å²) in [5.74, 6) is 1.52. The molecule has 0 amide bonds. The zero-order valence-corrected chi connectivity index (χ0v) is 12.6. The Morgan fingerprint density at radius 2 is 2.11 bits per heavy atom. The third-order valence-electron chi connectivity index (χ3n) is 2.77. The molecule has 2 aromatic rings. The van der Waals surface area contributed by atoms with Crippen molar-refractivity contribution in [2.24, 2.45) is 0 Å². The molecule has 1 aliphatic heterocycles. The predicted octanol–water partition coefficient (Wildman–Crippen LogP) is 2.97. The number of rotatable bonds is 4. The molecule has 0 saturated heterocycles. The van der Waals surface area contributed by atoms with Crippen molar-refractivity contribution in [3.8, 4) is 11.5 Å². The van der Waals surface area contributed by atoms with Crippen molar-refractivity contribution in [3.63, 3.8) is 0 Å². The summed E-state index contributed by atoms with van der Waals surface area (Å²) in [5, 5.41) is 5.45. The molecule has 0 aliphatic carbocycles. The van der Waals surface area contributed by atoms with Gasteiger partial charge in [0.1, 0.15) is 13.2 Å². The topological polar surface area (TPSA) is 43.4 Å². The minimum Gasteiger partial charge on any atom is -0.486 e. The number of hydrogen-bond donors (Lipinski definition) is 1. The zero-order chi connectivity index (χ0) is 13.1. The minimum absolute atomic E-state index is 0.596. The summed E-state index contributed by atoms with van der Waals surface area (Å²) in [7, 11) is 0. The molecule has 6 heteroatoms. The zero-order valence-electron chi connectivity index (χ0n) is 10.2. The molecule has 4 nitrogen and oxygen atoms in total. The van der Waals surface area contributed by atoms with Crippen molar-refractivity contribution in [2.75, 3.05) is 13.2 Å². The standard InChI is InChI=1S/C13H13BrN2O2S/c14-10-1-4-19-13(10)8-15-6-9-5-11-12(7-16-9)18-3-2-17-11/h1,4-5,7,15H,2-3,6,8H2. The van der Waals surface area contributed by atoms with Gasteiger partial charge in [0.05, 0.1) is 11.9 Å². The highest BCUT2D eigenvalue weighted by molar-refractivity contribution is 9.10. The highest BCUT2D eigenvalue weighted by atomic mass is 79.9. The second-order valence-electron chi connectivity index (χ2n) is 4.11. The van der Waals surface area contributed by atoms with Crippen LogP contribution in [0.4, 0.5) is 0 Å². The molecule has 1 N–H and O–H groups in total. The van der Waals surface area contributed by atoms with Crippen LogP contribution in [0.5, 0.6) is 11.5 Å². The maximum Gasteiger partial charge on any atom is 0.179 e. The van der Waals surface area contributed by atoms with Crippen LogP contribution in [0.3, 0.4) is 0 Å². The number of halogens is 1. The van der Waals surface area contributed by atoms with Gasteiger partial charge in [-0.3, -0.25) is 4.98 Å². The summed E-state index contributed by atoms with van der Waals surface area (Å²) in [4.78, 5) is 5.65. The van der Waals surface area contributed by atoms with Gasteiger partial charge in [0, 0.05) is 28.5 Å². The van der Waals surface area contributed by atoms with E-state index in [4.69, 9.17) is 9.47 Å². The van der Waals surface area contributed by atoms with Crippen LogP contribution in [0.2, 0.25) is 0 Å².